The Balaban J connectivity index is 0.940. The normalized spacial score (nSPS) is 21.9. The van der Waals surface area contributed by atoms with E-state index >= 15 is 0 Å². The molecule has 0 radical (unpaired) electrons. The first-order chi connectivity index (χ1) is 36.2. The molecule has 3 atom stereocenters. The second kappa shape index (κ2) is 19.6. The van der Waals surface area contributed by atoms with Crippen LogP contribution in [0.1, 0.15) is 104 Å². The number of hydrogen-bond acceptors (Lipinski definition) is 2. The van der Waals surface area contributed by atoms with Gasteiger partial charge in [0.05, 0.1) is 11.3 Å². The van der Waals surface area contributed by atoms with E-state index in [1.54, 1.807) is 0 Å². The van der Waals surface area contributed by atoms with Crippen molar-refractivity contribution in [2.45, 2.75) is 75.7 Å². The largest absolute Gasteiger partial charge is 0.254 e. The molecular weight excluding hydrogens is 881 g/mol. The van der Waals surface area contributed by atoms with E-state index in [1.165, 1.54) is 94.6 Å². The van der Waals surface area contributed by atoms with Crippen LogP contribution in [-0.4, -0.2) is 11.5 Å². The smallest absolute Gasteiger partial charge is 0.155 e. The molecule has 0 N–H and O–H groups in total. The maximum atomic E-state index is 5.57. The van der Waals surface area contributed by atoms with E-state index in [0.717, 1.165) is 81.3 Å². The molecule has 0 spiro atoms. The monoisotopic (exact) mass is 940 g/mol. The minimum absolute atomic E-state index is 0.168. The molecule has 1 fully saturated rings. The zero-order chi connectivity index (χ0) is 48.6. The molecule has 0 bridgehead atoms. The highest BCUT2D eigenvalue weighted by atomic mass is 15.1. The second-order valence-electron chi connectivity index (χ2n) is 20.7. The van der Waals surface area contributed by atoms with Gasteiger partial charge in [-0.3, -0.25) is 4.99 Å². The first kappa shape index (κ1) is 45.0. The molecule has 6 aliphatic carbocycles. The molecule has 6 aromatic carbocycles. The first-order valence-electron chi connectivity index (χ1n) is 26.8. The lowest BCUT2D eigenvalue weighted by molar-refractivity contribution is 0.702. The fourth-order valence-electron chi connectivity index (χ4n) is 12.4. The number of allylic oxidation sites excluding steroid dienone is 18. The summed E-state index contributed by atoms with van der Waals surface area (Å²) in [5, 5.41) is 0. The summed E-state index contributed by atoms with van der Waals surface area (Å²) in [4.78, 5) is 10.9. The molecule has 13 rings (SSSR count). The predicted octanol–water partition coefficient (Wildman–Crippen LogP) is 18.3. The Kier molecular flexibility index (Phi) is 12.1. The highest BCUT2D eigenvalue weighted by molar-refractivity contribution is 6.17. The Bertz CT molecular complexity index is 3540. The average Bonchev–Trinajstić information content (AvgIpc) is 4.24. The summed E-state index contributed by atoms with van der Waals surface area (Å²) >= 11 is 0. The predicted molar refractivity (Wildman–Crippen MR) is 308 cm³/mol. The maximum absolute atomic E-state index is 5.57. The van der Waals surface area contributed by atoms with Crippen LogP contribution in [-0.2, 0) is 5.54 Å². The summed E-state index contributed by atoms with van der Waals surface area (Å²) in [6.07, 6.45) is 43.4. The van der Waals surface area contributed by atoms with Crippen molar-refractivity contribution in [1.82, 2.24) is 0 Å². The van der Waals surface area contributed by atoms with E-state index < -0.39 is 0 Å². The number of amidine groups is 1. The van der Waals surface area contributed by atoms with Crippen molar-refractivity contribution in [3.05, 3.63) is 281 Å². The Morgan fingerprint density at radius 3 is 1.79 bits per heavy atom. The summed E-state index contributed by atoms with van der Waals surface area (Å²) in [6.45, 7) is 0. The molecule has 0 aromatic heterocycles. The second-order valence-corrected chi connectivity index (χ2v) is 20.7. The van der Waals surface area contributed by atoms with Crippen molar-refractivity contribution in [2.24, 2.45) is 15.9 Å². The van der Waals surface area contributed by atoms with E-state index in [2.05, 4.69) is 231 Å². The molecule has 3 unspecified atom stereocenters. The number of nitrogens with zero attached hydrogens (tertiary/aromatic N) is 2. The van der Waals surface area contributed by atoms with Crippen LogP contribution in [0.3, 0.4) is 0 Å². The van der Waals surface area contributed by atoms with Crippen molar-refractivity contribution < 1.29 is 0 Å². The summed E-state index contributed by atoms with van der Waals surface area (Å²) < 4.78 is 0. The quantitative estimate of drug-likeness (QED) is 0.124. The molecule has 0 saturated heterocycles. The third-order valence-electron chi connectivity index (χ3n) is 16.1. The number of hydrogen-bond donors (Lipinski definition) is 0. The standard InChI is InChI=1S/C71H60N2/c1-8-24-49(25-9-1)59-43-60(57-39-22-38-56(42-57)58-40-23-41-62(46-58)71-48-65(71)69(54-34-18-6-19-35-54)72-70(73-71)55-36-20-7-21-37-55)45-61(44-59)64-47-63(50-26-10-2-11-27-50)66(51-28-12-3-13-29-51)68(53-32-16-5-17-33-53)67(64)52-30-14-4-15-31-52/h1-3,5-6,8,10-14,16,18-20,22-24,26-32,34-44,46-47,60,65H,4,7,9,15,17,21,25,33,45,48H2. The third-order valence-corrected chi connectivity index (χ3v) is 16.1. The van der Waals surface area contributed by atoms with Crippen LogP contribution < -0.4 is 0 Å². The van der Waals surface area contributed by atoms with Gasteiger partial charge in [0.15, 0.2) is 5.84 Å². The maximum Gasteiger partial charge on any atom is 0.155 e. The molecule has 2 heteroatoms. The van der Waals surface area contributed by atoms with Gasteiger partial charge in [-0.2, -0.15) is 0 Å². The minimum Gasteiger partial charge on any atom is -0.254 e. The van der Waals surface area contributed by atoms with E-state index in [4.69, 9.17) is 9.98 Å². The van der Waals surface area contributed by atoms with Crippen LogP contribution in [0.15, 0.2) is 257 Å². The molecule has 0 amide bonds. The number of benzene rings is 6. The molecule has 7 aliphatic rings. The lowest BCUT2D eigenvalue weighted by Crippen LogP contribution is -2.23. The fraction of sp³-hybridized carbons (Fsp3) is 0.183. The topological polar surface area (TPSA) is 24.7 Å². The average molecular weight is 941 g/mol. The molecule has 1 saturated carbocycles. The molecular formula is C71H60N2. The molecule has 2 nitrogen and oxygen atoms in total. The lowest BCUT2D eigenvalue weighted by Gasteiger charge is -2.30. The van der Waals surface area contributed by atoms with Gasteiger partial charge in [0.2, 0.25) is 0 Å². The fourth-order valence-corrected chi connectivity index (χ4v) is 12.4. The van der Waals surface area contributed by atoms with Crippen LogP contribution in [0.2, 0.25) is 0 Å². The van der Waals surface area contributed by atoms with Crippen molar-refractivity contribution in [2.75, 3.05) is 0 Å². The van der Waals surface area contributed by atoms with Crippen molar-refractivity contribution in [3.8, 4) is 33.4 Å². The Labute approximate surface area is 431 Å². The van der Waals surface area contributed by atoms with Gasteiger partial charge in [-0.1, -0.05) is 219 Å². The minimum atomic E-state index is -0.330. The molecule has 6 aromatic rings. The van der Waals surface area contributed by atoms with Crippen molar-refractivity contribution >= 4 is 28.3 Å². The van der Waals surface area contributed by atoms with Gasteiger partial charge < -0.3 is 0 Å². The lowest BCUT2D eigenvalue weighted by atomic mass is 9.73. The summed E-state index contributed by atoms with van der Waals surface area (Å²) in [5.74, 6) is 1.28. The highest BCUT2D eigenvalue weighted by Crippen LogP contribution is 2.60. The van der Waals surface area contributed by atoms with Gasteiger partial charge in [0.1, 0.15) is 0 Å². The van der Waals surface area contributed by atoms with Crippen LogP contribution in [0, 0.1) is 5.92 Å². The Morgan fingerprint density at radius 2 is 1.11 bits per heavy atom. The van der Waals surface area contributed by atoms with Gasteiger partial charge in [-0.25, -0.2) is 4.99 Å². The number of aliphatic imine (C=N–C) groups is 2. The van der Waals surface area contributed by atoms with Crippen LogP contribution in [0.5, 0.6) is 0 Å². The highest BCUT2D eigenvalue weighted by Gasteiger charge is 2.60. The number of rotatable bonds is 11. The zero-order valence-corrected chi connectivity index (χ0v) is 41.6. The summed E-state index contributed by atoms with van der Waals surface area (Å²) in [6, 6.07) is 54.4. The van der Waals surface area contributed by atoms with Crippen LogP contribution >= 0.6 is 0 Å². The SMILES string of the molecule is C1=CCCC(C2=CC(c3cccc(-c4cccc(C56CC5C(c5ccccc5)=NC(C5=CCCC=C5)=N6)c4)c3)CC(c3cc(-c4ccccc4)c(-c4ccccc4)c(C4=CC=CCC4)c3C3=CCCC=C3)=C2)=C1. The van der Waals surface area contributed by atoms with Crippen molar-refractivity contribution in [3.63, 3.8) is 0 Å². The van der Waals surface area contributed by atoms with E-state index in [1.807, 2.05) is 0 Å². The van der Waals surface area contributed by atoms with Crippen LogP contribution in [0.4, 0.5) is 0 Å². The third kappa shape index (κ3) is 8.74. The first-order valence-corrected chi connectivity index (χ1v) is 26.8. The van der Waals surface area contributed by atoms with E-state index in [0.29, 0.717) is 0 Å². The van der Waals surface area contributed by atoms with Gasteiger partial charge in [0, 0.05) is 17.4 Å². The van der Waals surface area contributed by atoms with E-state index in [-0.39, 0.29) is 17.4 Å². The van der Waals surface area contributed by atoms with Gasteiger partial charge in [0.25, 0.3) is 0 Å². The van der Waals surface area contributed by atoms with E-state index in [9.17, 15) is 0 Å². The van der Waals surface area contributed by atoms with Crippen LogP contribution in [0.25, 0.3) is 50.1 Å². The molecule has 73 heavy (non-hydrogen) atoms. The Hall–Kier alpha value is -7.94. The molecule has 354 valence electrons. The summed E-state index contributed by atoms with van der Waals surface area (Å²) in [5.41, 5.74) is 24.4. The molecule has 1 aliphatic heterocycles. The van der Waals surface area contributed by atoms with Crippen molar-refractivity contribution in [1.29, 1.82) is 0 Å². The van der Waals surface area contributed by atoms with Gasteiger partial charge >= 0.3 is 0 Å². The number of fused-ring (bicyclic) bond motifs is 1. The zero-order valence-electron chi connectivity index (χ0n) is 41.6. The van der Waals surface area contributed by atoms with Gasteiger partial charge in [-0.05, 0) is 171 Å². The van der Waals surface area contributed by atoms with Gasteiger partial charge in [-0.15, -0.1) is 0 Å². The Morgan fingerprint density at radius 1 is 0.466 bits per heavy atom. The summed E-state index contributed by atoms with van der Waals surface area (Å²) in [7, 11) is 0. The molecule has 1 heterocycles.